The minimum atomic E-state index is -0.0594. The quantitative estimate of drug-likeness (QED) is 0.903. The van der Waals surface area contributed by atoms with Crippen molar-refractivity contribution < 1.29 is 9.21 Å². The lowest BCUT2D eigenvalue weighted by Gasteiger charge is -2.26. The van der Waals surface area contributed by atoms with Crippen LogP contribution in [0.5, 0.6) is 0 Å². The Kier molecular flexibility index (Phi) is 3.52. The molecule has 1 saturated heterocycles. The molecule has 2 aromatic rings. The predicted octanol–water partition coefficient (Wildman–Crippen LogP) is 1.70. The van der Waals surface area contributed by atoms with Crippen molar-refractivity contribution in [2.45, 2.75) is 6.92 Å². The minimum Gasteiger partial charge on any atom is -0.443 e. The Morgan fingerprint density at radius 2 is 1.95 bits per heavy atom. The first-order chi connectivity index (χ1) is 9.75. The fourth-order valence-corrected chi connectivity index (χ4v) is 2.33. The van der Waals surface area contributed by atoms with Crippen LogP contribution in [0.2, 0.25) is 0 Å². The van der Waals surface area contributed by atoms with Gasteiger partial charge in [-0.05, 0) is 6.92 Å². The molecule has 5 heteroatoms. The molecule has 1 aliphatic heterocycles. The van der Waals surface area contributed by atoms with Crippen LogP contribution in [0.1, 0.15) is 16.1 Å². The average molecular weight is 271 g/mol. The lowest BCUT2D eigenvalue weighted by atomic mass is 10.1. The number of oxazole rings is 1. The third-order valence-electron chi connectivity index (χ3n) is 3.49. The molecule has 1 fully saturated rings. The maximum absolute atomic E-state index is 12.5. The lowest BCUT2D eigenvalue weighted by molar-refractivity contribution is 0.0731. The zero-order valence-corrected chi connectivity index (χ0v) is 11.4. The first-order valence-electron chi connectivity index (χ1n) is 6.76. The van der Waals surface area contributed by atoms with Gasteiger partial charge in [0.1, 0.15) is 0 Å². The van der Waals surface area contributed by atoms with Gasteiger partial charge in [-0.2, -0.15) is 0 Å². The van der Waals surface area contributed by atoms with E-state index >= 15 is 0 Å². The second-order valence-corrected chi connectivity index (χ2v) is 4.94. The highest BCUT2D eigenvalue weighted by molar-refractivity contribution is 5.97. The molecule has 5 nitrogen and oxygen atoms in total. The van der Waals surface area contributed by atoms with Crippen LogP contribution < -0.4 is 5.32 Å². The molecule has 1 aromatic carbocycles. The number of nitrogens with zero attached hydrogens (tertiary/aromatic N) is 2. The molecule has 3 rings (SSSR count). The van der Waals surface area contributed by atoms with Crippen molar-refractivity contribution in [3.05, 3.63) is 41.9 Å². The zero-order valence-electron chi connectivity index (χ0n) is 11.4. The standard InChI is InChI=1S/C15H17N3O2/c1-11-2-4-12(5-3-11)14-13(17-10-20-14)15(19)18-8-6-16-7-9-18/h2-5,10,16H,6-9H2,1H3. The SMILES string of the molecule is Cc1ccc(-c2ocnc2C(=O)N2CCNCC2)cc1. The first-order valence-corrected chi connectivity index (χ1v) is 6.76. The van der Waals surface area contributed by atoms with Crippen molar-refractivity contribution in [2.75, 3.05) is 26.2 Å². The van der Waals surface area contributed by atoms with E-state index in [-0.39, 0.29) is 5.91 Å². The van der Waals surface area contributed by atoms with Crippen LogP contribution in [0.3, 0.4) is 0 Å². The van der Waals surface area contributed by atoms with Crippen LogP contribution in [0.4, 0.5) is 0 Å². The number of aryl methyl sites for hydroxylation is 1. The van der Waals surface area contributed by atoms with Crippen LogP contribution >= 0.6 is 0 Å². The van der Waals surface area contributed by atoms with Crippen LogP contribution in [-0.2, 0) is 0 Å². The fourth-order valence-electron chi connectivity index (χ4n) is 2.33. The van der Waals surface area contributed by atoms with Crippen molar-refractivity contribution in [1.82, 2.24) is 15.2 Å². The second kappa shape index (κ2) is 5.46. The number of hydrogen-bond acceptors (Lipinski definition) is 4. The maximum Gasteiger partial charge on any atom is 0.276 e. The summed E-state index contributed by atoms with van der Waals surface area (Å²) in [6, 6.07) is 7.89. The summed E-state index contributed by atoms with van der Waals surface area (Å²) in [6.07, 6.45) is 1.34. The molecule has 1 aromatic heterocycles. The van der Waals surface area contributed by atoms with E-state index in [9.17, 15) is 4.79 Å². The molecule has 0 radical (unpaired) electrons. The van der Waals surface area contributed by atoms with Gasteiger partial charge in [0.15, 0.2) is 17.8 Å². The van der Waals surface area contributed by atoms with Gasteiger partial charge in [-0.3, -0.25) is 4.79 Å². The number of amides is 1. The van der Waals surface area contributed by atoms with Gasteiger partial charge in [0.25, 0.3) is 5.91 Å². The molecule has 0 unspecified atom stereocenters. The topological polar surface area (TPSA) is 58.4 Å². The smallest absolute Gasteiger partial charge is 0.276 e. The van der Waals surface area contributed by atoms with E-state index in [1.54, 1.807) is 0 Å². The monoisotopic (exact) mass is 271 g/mol. The van der Waals surface area contributed by atoms with Crippen LogP contribution in [0, 0.1) is 6.92 Å². The van der Waals surface area contributed by atoms with E-state index in [4.69, 9.17) is 4.42 Å². The Morgan fingerprint density at radius 3 is 2.65 bits per heavy atom. The molecular formula is C15H17N3O2. The van der Waals surface area contributed by atoms with E-state index < -0.39 is 0 Å². The normalized spacial score (nSPS) is 15.3. The van der Waals surface area contributed by atoms with Crippen molar-refractivity contribution >= 4 is 5.91 Å². The molecule has 0 bridgehead atoms. The fraction of sp³-hybridized carbons (Fsp3) is 0.333. The summed E-state index contributed by atoms with van der Waals surface area (Å²) in [4.78, 5) is 18.4. The molecular weight excluding hydrogens is 254 g/mol. The predicted molar refractivity (Wildman–Crippen MR) is 75.4 cm³/mol. The van der Waals surface area contributed by atoms with Gasteiger partial charge in [-0.25, -0.2) is 4.98 Å². The molecule has 1 aliphatic rings. The summed E-state index contributed by atoms with van der Waals surface area (Å²) < 4.78 is 5.43. The number of aromatic nitrogens is 1. The number of piperazine rings is 1. The van der Waals surface area contributed by atoms with Crippen LogP contribution in [0.15, 0.2) is 35.1 Å². The summed E-state index contributed by atoms with van der Waals surface area (Å²) in [5.74, 6) is 0.490. The van der Waals surface area contributed by atoms with E-state index in [0.29, 0.717) is 24.5 Å². The molecule has 0 atom stereocenters. The van der Waals surface area contributed by atoms with E-state index in [1.165, 1.54) is 12.0 Å². The Bertz CT molecular complexity index is 598. The minimum absolute atomic E-state index is 0.0594. The molecule has 1 amide bonds. The molecule has 1 N–H and O–H groups in total. The Labute approximate surface area is 117 Å². The average Bonchev–Trinajstić information content (AvgIpc) is 2.97. The van der Waals surface area contributed by atoms with Crippen LogP contribution in [0.25, 0.3) is 11.3 Å². The molecule has 104 valence electrons. The van der Waals surface area contributed by atoms with E-state index in [0.717, 1.165) is 18.7 Å². The highest BCUT2D eigenvalue weighted by Crippen LogP contribution is 2.24. The molecule has 0 saturated carbocycles. The highest BCUT2D eigenvalue weighted by Gasteiger charge is 2.24. The van der Waals surface area contributed by atoms with Gasteiger partial charge in [-0.1, -0.05) is 29.8 Å². The van der Waals surface area contributed by atoms with Gasteiger partial charge in [0, 0.05) is 31.7 Å². The van der Waals surface area contributed by atoms with Crippen LogP contribution in [-0.4, -0.2) is 42.0 Å². The number of carbonyl (C=O) groups is 1. The summed E-state index contributed by atoms with van der Waals surface area (Å²) in [6.45, 7) is 5.09. The molecule has 0 spiro atoms. The summed E-state index contributed by atoms with van der Waals surface area (Å²) in [5.41, 5.74) is 2.45. The number of rotatable bonds is 2. The second-order valence-electron chi connectivity index (χ2n) is 4.94. The summed E-state index contributed by atoms with van der Waals surface area (Å²) in [5, 5.41) is 3.23. The zero-order chi connectivity index (χ0) is 13.9. The Balaban J connectivity index is 1.89. The van der Waals surface area contributed by atoms with Crippen molar-refractivity contribution in [3.63, 3.8) is 0 Å². The highest BCUT2D eigenvalue weighted by atomic mass is 16.3. The lowest BCUT2D eigenvalue weighted by Crippen LogP contribution is -2.46. The van der Waals surface area contributed by atoms with Gasteiger partial charge < -0.3 is 14.6 Å². The molecule has 0 aliphatic carbocycles. The first kappa shape index (κ1) is 12.9. The van der Waals surface area contributed by atoms with Crippen molar-refractivity contribution in [3.8, 4) is 11.3 Å². The van der Waals surface area contributed by atoms with Gasteiger partial charge in [0.05, 0.1) is 0 Å². The Morgan fingerprint density at radius 1 is 1.25 bits per heavy atom. The third kappa shape index (κ3) is 2.44. The number of benzene rings is 1. The molecule has 20 heavy (non-hydrogen) atoms. The number of nitrogens with one attached hydrogen (secondary N) is 1. The van der Waals surface area contributed by atoms with E-state index in [1.807, 2.05) is 36.1 Å². The largest absolute Gasteiger partial charge is 0.443 e. The third-order valence-corrected chi connectivity index (χ3v) is 3.49. The molecule has 2 heterocycles. The maximum atomic E-state index is 12.5. The van der Waals surface area contributed by atoms with Gasteiger partial charge in [-0.15, -0.1) is 0 Å². The Hall–Kier alpha value is -2.14. The van der Waals surface area contributed by atoms with Crippen molar-refractivity contribution in [1.29, 1.82) is 0 Å². The van der Waals surface area contributed by atoms with Crippen molar-refractivity contribution in [2.24, 2.45) is 0 Å². The number of carbonyl (C=O) groups excluding carboxylic acids is 1. The summed E-state index contributed by atoms with van der Waals surface area (Å²) >= 11 is 0. The number of hydrogen-bond donors (Lipinski definition) is 1. The van der Waals surface area contributed by atoms with Gasteiger partial charge in [0.2, 0.25) is 0 Å². The van der Waals surface area contributed by atoms with E-state index in [2.05, 4.69) is 10.3 Å². The summed E-state index contributed by atoms with van der Waals surface area (Å²) in [7, 11) is 0. The van der Waals surface area contributed by atoms with Gasteiger partial charge >= 0.3 is 0 Å².